The molecule has 1 aliphatic rings. The van der Waals surface area contributed by atoms with Gasteiger partial charge >= 0.3 is 0 Å². The molecule has 0 aliphatic carbocycles. The number of nitrogens with one attached hydrogen (secondary N) is 1. The Morgan fingerprint density at radius 2 is 1.77 bits per heavy atom. The van der Waals surface area contributed by atoms with E-state index in [1.54, 1.807) is 0 Å². The molecule has 0 aromatic rings. The van der Waals surface area contributed by atoms with Crippen molar-refractivity contribution in [2.24, 2.45) is 0 Å². The van der Waals surface area contributed by atoms with Crippen molar-refractivity contribution < 1.29 is 0 Å². The second-order valence-electron chi connectivity index (χ2n) is 4.01. The van der Waals surface area contributed by atoms with E-state index in [-0.39, 0.29) is 0 Å². The van der Waals surface area contributed by atoms with Crippen LogP contribution in [-0.2, 0) is 0 Å². The maximum absolute atomic E-state index is 3.45. The lowest BCUT2D eigenvalue weighted by molar-refractivity contribution is 0.247. The molecule has 1 N–H and O–H groups in total. The molecule has 78 valence electrons. The summed E-state index contributed by atoms with van der Waals surface area (Å²) in [6.45, 7) is 8.63. The molecule has 1 fully saturated rings. The zero-order valence-corrected chi connectivity index (χ0v) is 9.02. The lowest BCUT2D eigenvalue weighted by Gasteiger charge is -2.24. The van der Waals surface area contributed by atoms with Gasteiger partial charge in [-0.1, -0.05) is 19.8 Å². The van der Waals surface area contributed by atoms with E-state index in [2.05, 4.69) is 17.1 Å². The molecule has 0 saturated carbocycles. The van der Waals surface area contributed by atoms with Gasteiger partial charge in [0.1, 0.15) is 0 Å². The summed E-state index contributed by atoms with van der Waals surface area (Å²) in [7, 11) is 0. The monoisotopic (exact) mass is 184 g/mol. The van der Waals surface area contributed by atoms with Crippen LogP contribution in [0.2, 0.25) is 0 Å². The predicted octanol–water partition coefficient (Wildman–Crippen LogP) is 1.86. The molecule has 2 nitrogen and oxygen atoms in total. The van der Waals surface area contributed by atoms with Crippen molar-refractivity contribution >= 4 is 0 Å². The topological polar surface area (TPSA) is 15.3 Å². The predicted molar refractivity (Wildman–Crippen MR) is 58.1 cm³/mol. The third kappa shape index (κ3) is 5.27. The van der Waals surface area contributed by atoms with E-state index in [4.69, 9.17) is 0 Å². The Morgan fingerprint density at radius 3 is 2.38 bits per heavy atom. The molecule has 0 spiro atoms. The molecule has 0 aromatic heterocycles. The van der Waals surface area contributed by atoms with Gasteiger partial charge in [0, 0.05) is 0 Å². The molecule has 2 heteroatoms. The van der Waals surface area contributed by atoms with E-state index in [1.165, 1.54) is 64.8 Å². The first kappa shape index (κ1) is 11.0. The van der Waals surface area contributed by atoms with Gasteiger partial charge in [-0.05, 0) is 52.0 Å². The Balaban J connectivity index is 2.06. The normalized spacial score (nSPS) is 21.0. The molecule has 1 heterocycles. The molecule has 1 aliphatic heterocycles. The van der Waals surface area contributed by atoms with Crippen molar-refractivity contribution in [3.63, 3.8) is 0 Å². The molecule has 0 aromatic carbocycles. The van der Waals surface area contributed by atoms with Crippen LogP contribution < -0.4 is 5.32 Å². The zero-order valence-electron chi connectivity index (χ0n) is 9.02. The van der Waals surface area contributed by atoms with Crippen LogP contribution in [0.15, 0.2) is 0 Å². The van der Waals surface area contributed by atoms with E-state index < -0.39 is 0 Å². The van der Waals surface area contributed by atoms with Crippen LogP contribution in [0.1, 0.15) is 39.0 Å². The first-order chi connectivity index (χ1) is 6.43. The van der Waals surface area contributed by atoms with Crippen molar-refractivity contribution in [2.75, 3.05) is 32.7 Å². The molecule has 0 amide bonds. The number of hydrogen-bond acceptors (Lipinski definition) is 2. The quantitative estimate of drug-likeness (QED) is 0.671. The van der Waals surface area contributed by atoms with E-state index in [1.807, 2.05) is 0 Å². The highest BCUT2D eigenvalue weighted by Crippen LogP contribution is 2.01. The average molecular weight is 184 g/mol. The zero-order chi connectivity index (χ0) is 9.36. The maximum atomic E-state index is 3.45. The maximum Gasteiger partial charge on any atom is -0.000663 e. The highest BCUT2D eigenvalue weighted by molar-refractivity contribution is 4.64. The highest BCUT2D eigenvalue weighted by atomic mass is 15.1. The number of hydrogen-bond donors (Lipinski definition) is 1. The number of nitrogens with zero attached hydrogens (tertiary/aromatic N) is 1. The summed E-state index contributed by atoms with van der Waals surface area (Å²) in [5.74, 6) is 0. The molecule has 0 bridgehead atoms. The van der Waals surface area contributed by atoms with Crippen LogP contribution in [0.3, 0.4) is 0 Å². The number of rotatable bonds is 4. The van der Waals surface area contributed by atoms with Gasteiger partial charge in [-0.2, -0.15) is 0 Å². The molecule has 1 saturated heterocycles. The summed E-state index contributed by atoms with van der Waals surface area (Å²) < 4.78 is 0. The molecular formula is C11H24N2. The van der Waals surface area contributed by atoms with Gasteiger partial charge in [-0.3, -0.25) is 0 Å². The van der Waals surface area contributed by atoms with Crippen LogP contribution in [-0.4, -0.2) is 37.6 Å². The lowest BCUT2D eigenvalue weighted by atomic mass is 10.2. The Hall–Kier alpha value is -0.0800. The van der Waals surface area contributed by atoms with Crippen molar-refractivity contribution in [1.29, 1.82) is 0 Å². The lowest BCUT2D eigenvalue weighted by Crippen LogP contribution is -2.34. The van der Waals surface area contributed by atoms with Crippen LogP contribution in [0, 0.1) is 0 Å². The molecule has 1 rings (SSSR count). The van der Waals surface area contributed by atoms with Gasteiger partial charge in [-0.15, -0.1) is 0 Å². The second kappa shape index (κ2) is 7.34. The third-order valence-corrected chi connectivity index (χ3v) is 2.73. The van der Waals surface area contributed by atoms with Gasteiger partial charge in [-0.25, -0.2) is 0 Å². The fraction of sp³-hybridized carbons (Fsp3) is 1.00. The van der Waals surface area contributed by atoms with Gasteiger partial charge in [0.2, 0.25) is 0 Å². The summed E-state index contributed by atoms with van der Waals surface area (Å²) in [4.78, 5) is 2.64. The van der Waals surface area contributed by atoms with E-state index in [9.17, 15) is 0 Å². The van der Waals surface area contributed by atoms with Crippen LogP contribution in [0.25, 0.3) is 0 Å². The van der Waals surface area contributed by atoms with Crippen molar-refractivity contribution in [3.8, 4) is 0 Å². The van der Waals surface area contributed by atoms with Gasteiger partial charge in [0.25, 0.3) is 0 Å². The first-order valence-electron chi connectivity index (χ1n) is 5.86. The average Bonchev–Trinajstić information content (AvgIpc) is 2.08. The fourth-order valence-electron chi connectivity index (χ4n) is 1.90. The number of unbranched alkanes of at least 4 members (excludes halogenated alkanes) is 2. The van der Waals surface area contributed by atoms with Crippen LogP contribution in [0.5, 0.6) is 0 Å². The van der Waals surface area contributed by atoms with E-state index in [0.717, 1.165) is 0 Å². The minimum atomic E-state index is 1.21. The molecule has 13 heavy (non-hydrogen) atoms. The Bertz CT molecular complexity index is 107. The third-order valence-electron chi connectivity index (χ3n) is 2.73. The van der Waals surface area contributed by atoms with Crippen molar-refractivity contribution in [3.05, 3.63) is 0 Å². The first-order valence-corrected chi connectivity index (χ1v) is 5.86. The van der Waals surface area contributed by atoms with Crippen LogP contribution in [0.4, 0.5) is 0 Å². The highest BCUT2D eigenvalue weighted by Gasteiger charge is 2.06. The van der Waals surface area contributed by atoms with Gasteiger partial charge < -0.3 is 10.2 Å². The standard InChI is InChI=1S/C11H24N2/c1-2-3-4-9-13-10-5-7-12-8-6-11-13/h12H,2-11H2,1H3. The Kier molecular flexibility index (Phi) is 6.21. The molecule has 0 atom stereocenters. The van der Waals surface area contributed by atoms with Gasteiger partial charge in [0.05, 0.1) is 0 Å². The summed E-state index contributed by atoms with van der Waals surface area (Å²) in [6, 6.07) is 0. The molecular weight excluding hydrogens is 160 g/mol. The second-order valence-corrected chi connectivity index (χ2v) is 4.01. The van der Waals surface area contributed by atoms with Crippen molar-refractivity contribution in [1.82, 2.24) is 10.2 Å². The smallest absolute Gasteiger partial charge is 0.000663 e. The molecule has 0 radical (unpaired) electrons. The Labute approximate surface area is 82.7 Å². The van der Waals surface area contributed by atoms with E-state index in [0.29, 0.717) is 0 Å². The summed E-state index contributed by atoms with van der Waals surface area (Å²) >= 11 is 0. The largest absolute Gasteiger partial charge is 0.317 e. The summed E-state index contributed by atoms with van der Waals surface area (Å²) in [6.07, 6.45) is 6.78. The minimum Gasteiger partial charge on any atom is -0.317 e. The minimum absolute atomic E-state index is 1.21. The summed E-state index contributed by atoms with van der Waals surface area (Å²) in [5.41, 5.74) is 0. The Morgan fingerprint density at radius 1 is 1.08 bits per heavy atom. The van der Waals surface area contributed by atoms with E-state index >= 15 is 0 Å². The van der Waals surface area contributed by atoms with Crippen LogP contribution >= 0.6 is 0 Å². The fourth-order valence-corrected chi connectivity index (χ4v) is 1.90. The molecule has 0 unspecified atom stereocenters. The SMILES string of the molecule is CCCCCN1CCCNCCC1. The van der Waals surface area contributed by atoms with Crippen molar-refractivity contribution in [2.45, 2.75) is 39.0 Å². The van der Waals surface area contributed by atoms with Gasteiger partial charge in [0.15, 0.2) is 0 Å². The summed E-state index contributed by atoms with van der Waals surface area (Å²) in [5, 5.41) is 3.45.